The maximum absolute atomic E-state index is 14.3. The lowest BCUT2D eigenvalue weighted by Gasteiger charge is -2.26. The Morgan fingerprint density at radius 2 is 1.86 bits per heavy atom. The van der Waals surface area contributed by atoms with E-state index in [4.69, 9.17) is 16.3 Å². The number of carbonyl (C=O) groups is 1. The van der Waals surface area contributed by atoms with Crippen LogP contribution in [0.15, 0.2) is 41.3 Å². The van der Waals surface area contributed by atoms with Gasteiger partial charge in [0, 0.05) is 18.1 Å². The van der Waals surface area contributed by atoms with Gasteiger partial charge in [-0.2, -0.15) is 4.31 Å². The van der Waals surface area contributed by atoms with Gasteiger partial charge in [-0.15, -0.1) is 0 Å². The first-order valence-electron chi connectivity index (χ1n) is 8.77. The number of nitrogens with one attached hydrogen (secondary N) is 1. The number of benzene rings is 2. The van der Waals surface area contributed by atoms with Crippen LogP contribution in [0.25, 0.3) is 0 Å². The van der Waals surface area contributed by atoms with E-state index in [1.54, 1.807) is 12.1 Å². The van der Waals surface area contributed by atoms with Crippen LogP contribution in [0, 0.1) is 5.82 Å². The lowest BCUT2D eigenvalue weighted by Crippen LogP contribution is -2.35. The van der Waals surface area contributed by atoms with E-state index < -0.39 is 21.7 Å². The van der Waals surface area contributed by atoms with Crippen LogP contribution in [0.2, 0.25) is 5.02 Å². The Morgan fingerprint density at radius 3 is 2.54 bits per heavy atom. The first-order valence-corrected chi connectivity index (χ1v) is 10.6. The minimum Gasteiger partial charge on any atom is -0.495 e. The third kappa shape index (κ3) is 4.29. The monoisotopic (exact) mass is 426 g/mol. The molecule has 3 rings (SSSR count). The molecule has 1 amide bonds. The van der Waals surface area contributed by atoms with Crippen molar-refractivity contribution in [2.45, 2.75) is 24.2 Å². The van der Waals surface area contributed by atoms with Gasteiger partial charge in [-0.1, -0.05) is 18.0 Å². The molecule has 1 aliphatic heterocycles. The summed E-state index contributed by atoms with van der Waals surface area (Å²) in [5, 5.41) is 2.88. The van der Waals surface area contributed by atoms with Crippen LogP contribution in [0.4, 0.5) is 10.1 Å². The summed E-state index contributed by atoms with van der Waals surface area (Å²) in [5.41, 5.74) is -0.121. The molecule has 1 heterocycles. The molecule has 2 aromatic rings. The summed E-state index contributed by atoms with van der Waals surface area (Å²) in [4.78, 5) is 12.5. The largest absolute Gasteiger partial charge is 0.495 e. The highest BCUT2D eigenvalue weighted by molar-refractivity contribution is 7.89. The summed E-state index contributed by atoms with van der Waals surface area (Å²) < 4.78 is 46.4. The van der Waals surface area contributed by atoms with Gasteiger partial charge in [-0.25, -0.2) is 12.8 Å². The van der Waals surface area contributed by atoms with Gasteiger partial charge < -0.3 is 10.1 Å². The number of amides is 1. The molecule has 0 bridgehead atoms. The third-order valence-corrected chi connectivity index (χ3v) is 6.67. The van der Waals surface area contributed by atoms with Crippen molar-refractivity contribution in [1.29, 1.82) is 0 Å². The van der Waals surface area contributed by atoms with Gasteiger partial charge >= 0.3 is 0 Å². The Balaban J connectivity index is 1.91. The smallest absolute Gasteiger partial charge is 0.258 e. The number of nitrogens with zero attached hydrogens (tertiary/aromatic N) is 1. The number of methoxy groups -OCH3 is 1. The molecule has 1 N–H and O–H groups in total. The molecule has 28 heavy (non-hydrogen) atoms. The van der Waals surface area contributed by atoms with Crippen molar-refractivity contribution >= 4 is 33.2 Å². The summed E-state index contributed by atoms with van der Waals surface area (Å²) >= 11 is 5.94. The van der Waals surface area contributed by atoms with Crippen molar-refractivity contribution in [2.24, 2.45) is 0 Å². The average Bonchev–Trinajstić information content (AvgIpc) is 2.69. The highest BCUT2D eigenvalue weighted by Crippen LogP contribution is 2.29. The number of sulfonamides is 1. The summed E-state index contributed by atoms with van der Waals surface area (Å²) in [6.45, 7) is 0.835. The van der Waals surface area contributed by atoms with Crippen LogP contribution in [-0.2, 0) is 10.0 Å². The van der Waals surface area contributed by atoms with Gasteiger partial charge in [0.2, 0.25) is 10.0 Å². The van der Waals surface area contributed by atoms with E-state index in [0.717, 1.165) is 31.4 Å². The number of ether oxygens (including phenoxy) is 1. The van der Waals surface area contributed by atoms with E-state index in [1.165, 1.54) is 23.5 Å². The van der Waals surface area contributed by atoms with E-state index >= 15 is 0 Å². The van der Waals surface area contributed by atoms with Crippen LogP contribution in [0.3, 0.4) is 0 Å². The molecule has 0 aliphatic carbocycles. The number of halogens is 2. The molecule has 0 saturated carbocycles. The van der Waals surface area contributed by atoms with Crippen molar-refractivity contribution < 1.29 is 22.3 Å². The second-order valence-electron chi connectivity index (χ2n) is 6.41. The zero-order valence-electron chi connectivity index (χ0n) is 15.2. The second kappa shape index (κ2) is 8.46. The van der Waals surface area contributed by atoms with Crippen LogP contribution in [-0.4, -0.2) is 38.8 Å². The molecule has 1 fully saturated rings. The number of rotatable bonds is 5. The molecule has 1 aliphatic rings. The quantitative estimate of drug-likeness (QED) is 0.786. The highest BCUT2D eigenvalue weighted by atomic mass is 35.5. The third-order valence-electron chi connectivity index (χ3n) is 4.54. The Morgan fingerprint density at radius 1 is 1.14 bits per heavy atom. The fraction of sp³-hybridized carbons (Fsp3) is 0.316. The molecule has 0 unspecified atom stereocenters. The minimum atomic E-state index is -3.79. The Bertz CT molecular complexity index is 991. The predicted octanol–water partition coefficient (Wildman–Crippen LogP) is 3.91. The second-order valence-corrected chi connectivity index (χ2v) is 8.78. The van der Waals surface area contributed by atoms with Crippen molar-refractivity contribution in [3.63, 3.8) is 0 Å². The van der Waals surface area contributed by atoms with Gasteiger partial charge in [-0.05, 0) is 49.2 Å². The molecule has 0 radical (unpaired) electrons. The molecular weight excluding hydrogens is 407 g/mol. The van der Waals surface area contributed by atoms with Gasteiger partial charge in [0.05, 0.1) is 23.3 Å². The van der Waals surface area contributed by atoms with Crippen molar-refractivity contribution in [3.8, 4) is 5.75 Å². The van der Waals surface area contributed by atoms with E-state index in [-0.39, 0.29) is 16.1 Å². The summed E-state index contributed by atoms with van der Waals surface area (Å²) in [6, 6.07) is 7.83. The molecule has 150 valence electrons. The summed E-state index contributed by atoms with van der Waals surface area (Å²) in [5.74, 6) is -1.28. The van der Waals surface area contributed by atoms with Crippen LogP contribution < -0.4 is 10.1 Å². The zero-order chi connectivity index (χ0) is 20.3. The molecule has 9 heteroatoms. The summed E-state index contributed by atoms with van der Waals surface area (Å²) in [6.07, 6.45) is 2.54. The van der Waals surface area contributed by atoms with E-state index in [1.807, 2.05) is 0 Å². The summed E-state index contributed by atoms with van der Waals surface area (Å²) in [7, 11) is -2.36. The molecule has 1 saturated heterocycles. The van der Waals surface area contributed by atoms with E-state index in [0.29, 0.717) is 23.9 Å². The number of anilines is 1. The molecule has 0 aromatic heterocycles. The number of hydrogen-bond donors (Lipinski definition) is 1. The highest BCUT2D eigenvalue weighted by Gasteiger charge is 2.27. The fourth-order valence-corrected chi connectivity index (χ4v) is 4.78. The van der Waals surface area contributed by atoms with E-state index in [9.17, 15) is 17.6 Å². The standard InChI is InChI=1S/C19H20ClFN2O4S/c1-27-18-8-5-13(20)11-17(18)22-19(24)15-12-14(6-7-16(15)21)28(25,26)23-9-3-2-4-10-23/h5-8,11-12H,2-4,9-10H2,1H3,(H,22,24). The lowest BCUT2D eigenvalue weighted by molar-refractivity contribution is 0.102. The van der Waals surface area contributed by atoms with Gasteiger partial charge in [0.1, 0.15) is 11.6 Å². The lowest BCUT2D eigenvalue weighted by atomic mass is 10.2. The molecule has 6 nitrogen and oxygen atoms in total. The Labute approximate surface area is 168 Å². The first-order chi connectivity index (χ1) is 13.3. The van der Waals surface area contributed by atoms with Gasteiger partial charge in [-0.3, -0.25) is 4.79 Å². The molecule has 2 aromatic carbocycles. The van der Waals surface area contributed by atoms with Gasteiger partial charge in [0.15, 0.2) is 0 Å². The SMILES string of the molecule is COc1ccc(Cl)cc1NC(=O)c1cc(S(=O)(=O)N2CCCCC2)ccc1F. The molecular formula is C19H20ClFN2O4S. The number of hydrogen-bond acceptors (Lipinski definition) is 4. The zero-order valence-corrected chi connectivity index (χ0v) is 16.8. The molecule has 0 atom stereocenters. The predicted molar refractivity (Wildman–Crippen MR) is 105 cm³/mol. The molecule has 0 spiro atoms. The first kappa shape index (κ1) is 20.6. The average molecular weight is 427 g/mol. The van der Waals surface area contributed by atoms with Crippen molar-refractivity contribution in [3.05, 3.63) is 52.8 Å². The van der Waals surface area contributed by atoms with Crippen LogP contribution in [0.1, 0.15) is 29.6 Å². The van der Waals surface area contributed by atoms with E-state index in [2.05, 4.69) is 5.32 Å². The topological polar surface area (TPSA) is 75.7 Å². The van der Waals surface area contributed by atoms with Crippen molar-refractivity contribution in [1.82, 2.24) is 4.31 Å². The fourth-order valence-electron chi connectivity index (χ4n) is 3.06. The number of carbonyl (C=O) groups excluding carboxylic acids is 1. The maximum atomic E-state index is 14.3. The Hall–Kier alpha value is -2.16. The Kier molecular flexibility index (Phi) is 6.22. The van der Waals surface area contributed by atoms with Crippen LogP contribution in [0.5, 0.6) is 5.75 Å². The maximum Gasteiger partial charge on any atom is 0.258 e. The van der Waals surface area contributed by atoms with Gasteiger partial charge in [0.25, 0.3) is 5.91 Å². The normalized spacial score (nSPS) is 15.2. The minimum absolute atomic E-state index is 0.112. The van der Waals surface area contributed by atoms with Crippen molar-refractivity contribution in [2.75, 3.05) is 25.5 Å². The van der Waals surface area contributed by atoms with Crippen LogP contribution >= 0.6 is 11.6 Å². The number of piperidine rings is 1.